The van der Waals surface area contributed by atoms with Crippen LogP contribution in [0.25, 0.3) is 0 Å². The molecule has 0 fully saturated rings. The van der Waals surface area contributed by atoms with Gasteiger partial charge in [-0.15, -0.1) is 0 Å². The Hall–Kier alpha value is -1.95. The smallest absolute Gasteiger partial charge is 0.258 e. The van der Waals surface area contributed by atoms with E-state index in [-0.39, 0.29) is 10.6 Å². The molecule has 0 unspecified atom stereocenters. The minimum Gasteiger partial charge on any atom is -0.258 e. The van der Waals surface area contributed by atoms with Gasteiger partial charge in [-0.25, -0.2) is 8.42 Å². The number of rotatable bonds is 4. The van der Waals surface area contributed by atoms with E-state index in [1.807, 2.05) is 0 Å². The number of sulfone groups is 1. The molecule has 0 atom stereocenters. The van der Waals surface area contributed by atoms with Gasteiger partial charge in [-0.05, 0) is 6.07 Å². The van der Waals surface area contributed by atoms with Crippen LogP contribution in [0.5, 0.6) is 0 Å². The fourth-order valence-corrected chi connectivity index (χ4v) is 2.04. The third kappa shape index (κ3) is 2.77. The van der Waals surface area contributed by atoms with Gasteiger partial charge in [-0.1, -0.05) is 24.8 Å². The molecular formula is C10H9NO4S. The van der Waals surface area contributed by atoms with E-state index in [1.165, 1.54) is 30.4 Å². The number of benzene rings is 1. The van der Waals surface area contributed by atoms with E-state index in [4.69, 9.17) is 0 Å². The largest absolute Gasteiger partial charge is 0.270 e. The average molecular weight is 239 g/mol. The molecule has 0 aliphatic rings. The van der Waals surface area contributed by atoms with Gasteiger partial charge in [0.15, 0.2) is 9.84 Å². The second-order valence-corrected chi connectivity index (χ2v) is 4.70. The Labute approximate surface area is 92.8 Å². The highest BCUT2D eigenvalue weighted by Crippen LogP contribution is 2.18. The van der Waals surface area contributed by atoms with E-state index in [0.717, 1.165) is 11.5 Å². The van der Waals surface area contributed by atoms with Crippen LogP contribution >= 0.6 is 0 Å². The number of allylic oxidation sites excluding steroid dienone is 2. The van der Waals surface area contributed by atoms with Crippen LogP contribution in [0.4, 0.5) is 5.69 Å². The zero-order valence-corrected chi connectivity index (χ0v) is 9.05. The Balaban J connectivity index is 3.24. The lowest BCUT2D eigenvalue weighted by Crippen LogP contribution is -1.97. The second-order valence-electron chi connectivity index (χ2n) is 2.86. The van der Waals surface area contributed by atoms with Crippen molar-refractivity contribution in [3.05, 3.63) is 58.5 Å². The third-order valence-electron chi connectivity index (χ3n) is 1.75. The Kier molecular flexibility index (Phi) is 3.57. The van der Waals surface area contributed by atoms with Gasteiger partial charge >= 0.3 is 0 Å². The number of nitrogens with zero attached hydrogens (tertiary/aromatic N) is 1. The number of nitro benzene ring substituents is 1. The Morgan fingerprint density at radius 3 is 2.62 bits per heavy atom. The molecule has 0 N–H and O–H groups in total. The molecule has 0 aliphatic heterocycles. The molecule has 1 aromatic carbocycles. The lowest BCUT2D eigenvalue weighted by molar-refractivity contribution is -0.385. The zero-order valence-electron chi connectivity index (χ0n) is 8.24. The maximum atomic E-state index is 11.6. The van der Waals surface area contributed by atoms with Crippen molar-refractivity contribution in [2.45, 2.75) is 4.90 Å². The second kappa shape index (κ2) is 4.71. The predicted octanol–water partition coefficient (Wildman–Crippen LogP) is 2.07. The van der Waals surface area contributed by atoms with Crippen LogP contribution < -0.4 is 0 Å². The number of nitro groups is 1. The minimum absolute atomic E-state index is 0.111. The van der Waals surface area contributed by atoms with Gasteiger partial charge in [-0.2, -0.15) is 0 Å². The summed E-state index contributed by atoms with van der Waals surface area (Å²) in [5.74, 6) is 0. The number of non-ortho nitro benzene ring substituents is 1. The minimum atomic E-state index is -3.63. The van der Waals surface area contributed by atoms with E-state index in [9.17, 15) is 18.5 Å². The standard InChI is InChI=1S/C10H9NO4S/c1-2-3-7-16(14,15)10-6-4-5-9(8-10)11(12)13/h2-8H,1H2/b7-3+. The normalized spacial score (nSPS) is 11.5. The lowest BCUT2D eigenvalue weighted by Gasteiger charge is -1.98. The van der Waals surface area contributed by atoms with Crippen molar-refractivity contribution in [1.29, 1.82) is 0 Å². The van der Waals surface area contributed by atoms with Crippen molar-refractivity contribution in [3.63, 3.8) is 0 Å². The fourth-order valence-electron chi connectivity index (χ4n) is 1.01. The van der Waals surface area contributed by atoms with Crippen molar-refractivity contribution < 1.29 is 13.3 Å². The molecule has 6 heteroatoms. The van der Waals surface area contributed by atoms with Crippen LogP contribution in [0, 0.1) is 10.1 Å². The molecule has 0 amide bonds. The molecule has 1 rings (SSSR count). The summed E-state index contributed by atoms with van der Waals surface area (Å²) >= 11 is 0. The maximum absolute atomic E-state index is 11.6. The van der Waals surface area contributed by atoms with Crippen LogP contribution in [-0.4, -0.2) is 13.3 Å². The van der Waals surface area contributed by atoms with Crippen LogP contribution in [0.1, 0.15) is 0 Å². The summed E-state index contributed by atoms with van der Waals surface area (Å²) in [4.78, 5) is 9.72. The summed E-state index contributed by atoms with van der Waals surface area (Å²) < 4.78 is 23.2. The summed E-state index contributed by atoms with van der Waals surface area (Å²) in [5.41, 5.74) is -0.256. The summed E-state index contributed by atoms with van der Waals surface area (Å²) in [5, 5.41) is 11.4. The molecule has 0 radical (unpaired) electrons. The highest BCUT2D eigenvalue weighted by atomic mass is 32.2. The first-order valence-electron chi connectivity index (χ1n) is 4.26. The maximum Gasteiger partial charge on any atom is 0.270 e. The van der Waals surface area contributed by atoms with Crippen LogP contribution in [0.15, 0.2) is 53.3 Å². The van der Waals surface area contributed by atoms with E-state index in [0.29, 0.717) is 0 Å². The van der Waals surface area contributed by atoms with Crippen molar-refractivity contribution in [3.8, 4) is 0 Å². The summed E-state index contributed by atoms with van der Waals surface area (Å²) in [7, 11) is -3.63. The summed E-state index contributed by atoms with van der Waals surface area (Å²) in [6, 6.07) is 4.88. The van der Waals surface area contributed by atoms with E-state index >= 15 is 0 Å². The fraction of sp³-hybridized carbons (Fsp3) is 0. The van der Waals surface area contributed by atoms with Crippen molar-refractivity contribution in [1.82, 2.24) is 0 Å². The SMILES string of the molecule is C=C/C=C/S(=O)(=O)c1cccc([N+](=O)[O-])c1. The first kappa shape index (κ1) is 12.1. The molecule has 1 aromatic rings. The zero-order chi connectivity index (χ0) is 12.2. The number of hydrogen-bond donors (Lipinski definition) is 0. The molecular weight excluding hydrogens is 230 g/mol. The van der Waals surface area contributed by atoms with Crippen molar-refractivity contribution >= 4 is 15.5 Å². The highest BCUT2D eigenvalue weighted by Gasteiger charge is 2.14. The monoisotopic (exact) mass is 239 g/mol. The molecule has 0 saturated carbocycles. The van der Waals surface area contributed by atoms with Crippen LogP contribution in [-0.2, 0) is 9.84 Å². The average Bonchev–Trinajstić information content (AvgIpc) is 2.26. The van der Waals surface area contributed by atoms with Crippen LogP contribution in [0.2, 0.25) is 0 Å². The van der Waals surface area contributed by atoms with Gasteiger partial charge in [0.2, 0.25) is 0 Å². The van der Waals surface area contributed by atoms with Gasteiger partial charge in [0, 0.05) is 17.5 Å². The molecule has 84 valence electrons. The molecule has 0 aliphatic carbocycles. The summed E-state index contributed by atoms with van der Waals surface area (Å²) in [6.45, 7) is 3.34. The quantitative estimate of drug-likeness (QED) is 0.457. The molecule has 0 spiro atoms. The molecule has 0 saturated heterocycles. The molecule has 0 aromatic heterocycles. The van der Waals surface area contributed by atoms with Crippen molar-refractivity contribution in [2.24, 2.45) is 0 Å². The van der Waals surface area contributed by atoms with Gasteiger partial charge in [0.25, 0.3) is 5.69 Å². The molecule has 5 nitrogen and oxygen atoms in total. The van der Waals surface area contributed by atoms with Gasteiger partial charge in [0.1, 0.15) is 0 Å². The van der Waals surface area contributed by atoms with Crippen LogP contribution in [0.3, 0.4) is 0 Å². The highest BCUT2D eigenvalue weighted by molar-refractivity contribution is 7.94. The predicted molar refractivity (Wildman–Crippen MR) is 59.6 cm³/mol. The van der Waals surface area contributed by atoms with E-state index < -0.39 is 14.8 Å². The summed E-state index contributed by atoms with van der Waals surface area (Å²) in [6.07, 6.45) is 2.57. The molecule has 0 heterocycles. The first-order valence-corrected chi connectivity index (χ1v) is 5.80. The third-order valence-corrected chi connectivity index (χ3v) is 3.18. The van der Waals surface area contributed by atoms with Crippen molar-refractivity contribution in [2.75, 3.05) is 0 Å². The lowest BCUT2D eigenvalue weighted by atomic mass is 10.3. The number of hydrogen-bond acceptors (Lipinski definition) is 4. The topological polar surface area (TPSA) is 77.3 Å². The molecule has 16 heavy (non-hydrogen) atoms. The Morgan fingerprint density at radius 1 is 1.38 bits per heavy atom. The first-order chi connectivity index (χ1) is 7.47. The van der Waals surface area contributed by atoms with Gasteiger partial charge in [0.05, 0.1) is 9.82 Å². The van der Waals surface area contributed by atoms with E-state index in [1.54, 1.807) is 0 Å². The Morgan fingerprint density at radius 2 is 2.06 bits per heavy atom. The van der Waals surface area contributed by atoms with Gasteiger partial charge < -0.3 is 0 Å². The molecule has 0 bridgehead atoms. The van der Waals surface area contributed by atoms with Gasteiger partial charge in [-0.3, -0.25) is 10.1 Å². The Bertz CT molecular complexity index is 546. The van der Waals surface area contributed by atoms with E-state index in [2.05, 4.69) is 6.58 Å².